The Balaban J connectivity index is 2.14. The summed E-state index contributed by atoms with van der Waals surface area (Å²) in [7, 11) is 3.56. The van der Waals surface area contributed by atoms with Crippen LogP contribution in [0.1, 0.15) is 25.1 Å². The van der Waals surface area contributed by atoms with Crippen LogP contribution in [-0.2, 0) is 18.4 Å². The van der Waals surface area contributed by atoms with E-state index in [-0.39, 0.29) is 11.9 Å². The van der Waals surface area contributed by atoms with Gasteiger partial charge in [0, 0.05) is 20.3 Å². The second kappa shape index (κ2) is 6.62. The third-order valence-corrected chi connectivity index (χ3v) is 4.06. The number of carbonyl (C=O) groups excluding carboxylic acids is 1. The van der Waals surface area contributed by atoms with E-state index in [0.29, 0.717) is 18.0 Å². The summed E-state index contributed by atoms with van der Waals surface area (Å²) >= 11 is 9.43. The average Bonchev–Trinajstić information content (AvgIpc) is 3.00. The van der Waals surface area contributed by atoms with Gasteiger partial charge < -0.3 is 4.90 Å². The van der Waals surface area contributed by atoms with Crippen molar-refractivity contribution >= 4 is 33.4 Å². The quantitative estimate of drug-likeness (QED) is 0.808. The van der Waals surface area contributed by atoms with Crippen LogP contribution >= 0.6 is 27.5 Å². The van der Waals surface area contributed by atoms with Gasteiger partial charge in [-0.2, -0.15) is 10.2 Å². The lowest BCUT2D eigenvalue weighted by atomic mass is 10.2. The molecule has 8 heteroatoms. The van der Waals surface area contributed by atoms with E-state index in [4.69, 9.17) is 11.6 Å². The third kappa shape index (κ3) is 3.47. The SMILES string of the molecule is CCC(C(=O)N(C)Cc1c(Cl)cnn1C)n1cc(Br)cn1. The molecule has 2 heterocycles. The topological polar surface area (TPSA) is 56.0 Å². The van der Waals surface area contributed by atoms with Gasteiger partial charge in [-0.3, -0.25) is 14.2 Å². The minimum Gasteiger partial charge on any atom is -0.338 e. The van der Waals surface area contributed by atoms with Crippen molar-refractivity contribution in [3.8, 4) is 0 Å². The standard InChI is InChI=1S/C13H17BrClN5O/c1-4-11(20-7-9(14)5-17-20)13(21)18(2)8-12-10(15)6-16-19(12)3/h5-7,11H,4,8H2,1-3H3. The number of aryl methyl sites for hydroxylation is 1. The number of aromatic nitrogens is 4. The Bertz CT molecular complexity index is 619. The van der Waals surface area contributed by atoms with Crippen LogP contribution in [0.15, 0.2) is 23.1 Å². The summed E-state index contributed by atoms with van der Waals surface area (Å²) in [6.07, 6.45) is 5.72. The molecule has 0 spiro atoms. The van der Waals surface area contributed by atoms with Gasteiger partial charge in [-0.25, -0.2) is 0 Å². The fraction of sp³-hybridized carbons (Fsp3) is 0.462. The minimum absolute atomic E-state index is 0.00892. The first kappa shape index (κ1) is 16.0. The molecular formula is C13H17BrClN5O. The lowest BCUT2D eigenvalue weighted by Gasteiger charge is -2.23. The molecule has 0 saturated heterocycles. The zero-order valence-corrected chi connectivity index (χ0v) is 14.5. The van der Waals surface area contributed by atoms with E-state index in [9.17, 15) is 4.79 Å². The molecule has 0 aliphatic heterocycles. The Morgan fingerprint density at radius 1 is 1.48 bits per heavy atom. The Labute approximate surface area is 136 Å². The van der Waals surface area contributed by atoms with E-state index in [1.54, 1.807) is 46.9 Å². The first-order chi connectivity index (χ1) is 9.93. The molecule has 0 saturated carbocycles. The van der Waals surface area contributed by atoms with Crippen molar-refractivity contribution in [3.63, 3.8) is 0 Å². The van der Waals surface area contributed by atoms with Crippen LogP contribution in [0.2, 0.25) is 5.02 Å². The molecule has 1 unspecified atom stereocenters. The van der Waals surface area contributed by atoms with Gasteiger partial charge in [-0.1, -0.05) is 18.5 Å². The number of hydrogen-bond acceptors (Lipinski definition) is 3. The van der Waals surface area contributed by atoms with E-state index < -0.39 is 0 Å². The number of nitrogens with zero attached hydrogens (tertiary/aromatic N) is 5. The molecule has 0 radical (unpaired) electrons. The molecule has 114 valence electrons. The van der Waals surface area contributed by atoms with Gasteiger partial charge in [0.1, 0.15) is 6.04 Å². The molecular weight excluding hydrogens is 358 g/mol. The molecule has 0 aromatic carbocycles. The smallest absolute Gasteiger partial charge is 0.247 e. The van der Waals surface area contributed by atoms with E-state index in [2.05, 4.69) is 26.1 Å². The normalized spacial score (nSPS) is 12.4. The molecule has 1 atom stereocenters. The van der Waals surface area contributed by atoms with Crippen molar-refractivity contribution in [3.05, 3.63) is 33.8 Å². The first-order valence-corrected chi connectivity index (χ1v) is 7.72. The summed E-state index contributed by atoms with van der Waals surface area (Å²) in [5, 5.41) is 8.84. The van der Waals surface area contributed by atoms with Crippen molar-refractivity contribution in [2.24, 2.45) is 7.05 Å². The predicted molar refractivity (Wildman–Crippen MR) is 83.9 cm³/mol. The maximum Gasteiger partial charge on any atom is 0.247 e. The summed E-state index contributed by atoms with van der Waals surface area (Å²) in [4.78, 5) is 14.3. The van der Waals surface area contributed by atoms with E-state index >= 15 is 0 Å². The molecule has 2 rings (SSSR count). The number of carbonyl (C=O) groups is 1. The monoisotopic (exact) mass is 373 g/mol. The number of hydrogen-bond donors (Lipinski definition) is 0. The van der Waals surface area contributed by atoms with Crippen molar-refractivity contribution in [2.75, 3.05) is 7.05 Å². The van der Waals surface area contributed by atoms with Crippen LogP contribution in [0.5, 0.6) is 0 Å². The largest absolute Gasteiger partial charge is 0.338 e. The molecule has 0 aliphatic rings. The molecule has 1 amide bonds. The van der Waals surface area contributed by atoms with Crippen LogP contribution in [0.4, 0.5) is 0 Å². The molecule has 2 aromatic heterocycles. The Morgan fingerprint density at radius 3 is 2.67 bits per heavy atom. The van der Waals surface area contributed by atoms with Crippen LogP contribution in [0.3, 0.4) is 0 Å². The summed E-state index contributed by atoms with van der Waals surface area (Å²) in [6.45, 7) is 2.37. The average molecular weight is 375 g/mol. The summed E-state index contributed by atoms with van der Waals surface area (Å²) < 4.78 is 4.21. The predicted octanol–water partition coefficient (Wildman–Crippen LogP) is 2.64. The van der Waals surface area contributed by atoms with Crippen molar-refractivity contribution in [1.29, 1.82) is 0 Å². The van der Waals surface area contributed by atoms with Crippen molar-refractivity contribution < 1.29 is 4.79 Å². The Hall–Kier alpha value is -1.34. The molecule has 6 nitrogen and oxygen atoms in total. The van der Waals surface area contributed by atoms with Crippen LogP contribution in [0, 0.1) is 0 Å². The van der Waals surface area contributed by atoms with Gasteiger partial charge in [0.15, 0.2) is 0 Å². The third-order valence-electron chi connectivity index (χ3n) is 3.33. The van der Waals surface area contributed by atoms with Crippen molar-refractivity contribution in [2.45, 2.75) is 25.9 Å². The van der Waals surface area contributed by atoms with E-state index in [0.717, 1.165) is 10.2 Å². The fourth-order valence-corrected chi connectivity index (χ4v) is 2.66. The molecule has 0 fully saturated rings. The lowest BCUT2D eigenvalue weighted by molar-refractivity contribution is -0.134. The maximum atomic E-state index is 12.6. The molecule has 0 N–H and O–H groups in total. The Morgan fingerprint density at radius 2 is 2.19 bits per heavy atom. The molecule has 2 aromatic rings. The maximum absolute atomic E-state index is 12.6. The highest BCUT2D eigenvalue weighted by Gasteiger charge is 2.24. The van der Waals surface area contributed by atoms with Gasteiger partial charge in [-0.15, -0.1) is 0 Å². The number of likely N-dealkylation sites (N-methyl/N-ethyl adjacent to an activating group) is 1. The van der Waals surface area contributed by atoms with Crippen LogP contribution < -0.4 is 0 Å². The summed E-state index contributed by atoms with van der Waals surface area (Å²) in [6, 6.07) is -0.326. The number of halogens is 2. The van der Waals surface area contributed by atoms with Crippen molar-refractivity contribution in [1.82, 2.24) is 24.5 Å². The van der Waals surface area contributed by atoms with Crippen LogP contribution in [-0.4, -0.2) is 37.4 Å². The zero-order chi connectivity index (χ0) is 15.6. The highest BCUT2D eigenvalue weighted by Crippen LogP contribution is 2.20. The highest BCUT2D eigenvalue weighted by atomic mass is 79.9. The van der Waals surface area contributed by atoms with Gasteiger partial charge >= 0.3 is 0 Å². The zero-order valence-electron chi connectivity index (χ0n) is 12.1. The van der Waals surface area contributed by atoms with Gasteiger partial charge in [0.25, 0.3) is 0 Å². The highest BCUT2D eigenvalue weighted by molar-refractivity contribution is 9.10. The lowest BCUT2D eigenvalue weighted by Crippen LogP contribution is -2.34. The van der Waals surface area contributed by atoms with E-state index in [1.165, 1.54) is 0 Å². The second-order valence-corrected chi connectivity index (χ2v) is 6.14. The molecule has 0 bridgehead atoms. The molecule has 0 aliphatic carbocycles. The minimum atomic E-state index is -0.326. The summed E-state index contributed by atoms with van der Waals surface area (Å²) in [5.74, 6) is -0.00892. The van der Waals surface area contributed by atoms with Crippen LogP contribution in [0.25, 0.3) is 0 Å². The summed E-state index contributed by atoms with van der Waals surface area (Å²) in [5.41, 5.74) is 0.809. The van der Waals surface area contributed by atoms with E-state index in [1.807, 2.05) is 6.92 Å². The first-order valence-electron chi connectivity index (χ1n) is 6.55. The fourth-order valence-electron chi connectivity index (χ4n) is 2.13. The van der Waals surface area contributed by atoms with Gasteiger partial charge in [-0.05, 0) is 22.4 Å². The van der Waals surface area contributed by atoms with Gasteiger partial charge in [0.2, 0.25) is 5.91 Å². The second-order valence-electron chi connectivity index (χ2n) is 4.82. The number of rotatable bonds is 5. The Kier molecular flexibility index (Phi) is 5.05. The van der Waals surface area contributed by atoms with Gasteiger partial charge in [0.05, 0.1) is 34.1 Å². The number of amides is 1. The molecule has 21 heavy (non-hydrogen) atoms.